The van der Waals surface area contributed by atoms with Crippen LogP contribution < -0.4 is 15.4 Å². The Kier molecular flexibility index (Phi) is 5.67. The fourth-order valence-corrected chi connectivity index (χ4v) is 1.98. The molecule has 2 N–H and O–H groups in total. The van der Waals surface area contributed by atoms with E-state index >= 15 is 0 Å². The Morgan fingerprint density at radius 3 is 2.54 bits per heavy atom. The molecule has 1 aromatic rings. The van der Waals surface area contributed by atoms with Gasteiger partial charge in [0.25, 0.3) is 11.8 Å². The highest BCUT2D eigenvalue weighted by molar-refractivity contribution is 6.31. The number of amides is 4. The lowest BCUT2D eigenvalue weighted by molar-refractivity contribution is -0.140. The average Bonchev–Trinajstić information content (AvgIpc) is 2.55. The minimum atomic E-state index is -0.843. The molecule has 0 atom stereocenters. The maximum atomic E-state index is 11.7. The van der Waals surface area contributed by atoms with Crippen molar-refractivity contribution in [1.29, 1.82) is 0 Å². The third-order valence-corrected chi connectivity index (χ3v) is 3.13. The van der Waals surface area contributed by atoms with Gasteiger partial charge in [0.05, 0.1) is 13.7 Å². The van der Waals surface area contributed by atoms with Gasteiger partial charge in [-0.15, -0.1) is 0 Å². The van der Waals surface area contributed by atoms with Crippen molar-refractivity contribution >= 4 is 29.9 Å². The van der Waals surface area contributed by atoms with Gasteiger partial charge >= 0.3 is 12.0 Å². The molecule has 1 saturated heterocycles. The molecular formula is C16H16N2O6. The van der Waals surface area contributed by atoms with Crippen LogP contribution in [0, 0.1) is 0 Å². The second-order valence-electron chi connectivity index (χ2n) is 4.90. The summed E-state index contributed by atoms with van der Waals surface area (Å²) in [5.74, 6) is -1.29. The first-order chi connectivity index (χ1) is 11.5. The van der Waals surface area contributed by atoms with Gasteiger partial charge in [-0.25, -0.2) is 4.79 Å². The molecule has 1 fully saturated rings. The van der Waals surface area contributed by atoms with Crippen LogP contribution in [-0.2, 0) is 19.1 Å². The van der Waals surface area contributed by atoms with E-state index in [1.54, 1.807) is 24.3 Å². The monoisotopic (exact) mass is 332 g/mol. The van der Waals surface area contributed by atoms with Crippen LogP contribution in [-0.4, -0.2) is 37.5 Å². The fraction of sp³-hybridized carbons (Fsp3) is 0.250. The van der Waals surface area contributed by atoms with E-state index in [0.29, 0.717) is 24.3 Å². The largest absolute Gasteiger partial charge is 0.494 e. The predicted molar refractivity (Wildman–Crippen MR) is 82.8 cm³/mol. The number of imide groups is 2. The van der Waals surface area contributed by atoms with Crippen LogP contribution in [0.4, 0.5) is 4.79 Å². The van der Waals surface area contributed by atoms with Gasteiger partial charge in [0, 0.05) is 6.42 Å². The van der Waals surface area contributed by atoms with Crippen molar-refractivity contribution in [3.05, 3.63) is 35.4 Å². The van der Waals surface area contributed by atoms with Gasteiger partial charge in [-0.3, -0.25) is 25.0 Å². The first-order valence-corrected chi connectivity index (χ1v) is 7.17. The third-order valence-electron chi connectivity index (χ3n) is 3.13. The number of rotatable bonds is 6. The van der Waals surface area contributed by atoms with Crippen LogP contribution in [0.2, 0.25) is 0 Å². The van der Waals surface area contributed by atoms with Gasteiger partial charge in [0.1, 0.15) is 11.3 Å². The number of benzene rings is 1. The first-order valence-electron chi connectivity index (χ1n) is 7.17. The Bertz CT molecular complexity index is 688. The number of urea groups is 1. The van der Waals surface area contributed by atoms with E-state index in [-0.39, 0.29) is 18.0 Å². The molecule has 2 rings (SSSR count). The quantitative estimate of drug-likeness (QED) is 0.344. The lowest BCUT2D eigenvalue weighted by atomic mass is 10.1. The number of barbiturate groups is 1. The molecule has 0 saturated carbocycles. The molecule has 0 bridgehead atoms. The van der Waals surface area contributed by atoms with E-state index < -0.39 is 17.8 Å². The van der Waals surface area contributed by atoms with Gasteiger partial charge < -0.3 is 9.47 Å². The zero-order chi connectivity index (χ0) is 17.5. The standard InChI is InChI=1S/C16H16N2O6/c1-23-13(19)6-3-7-24-11-5-2-4-10(8-11)9-12-14(20)17-16(22)18-15(12)21/h2,4-5,8-9H,3,6-7H2,1H3,(H2,17,18,20,21,22). The maximum absolute atomic E-state index is 11.7. The smallest absolute Gasteiger partial charge is 0.328 e. The van der Waals surface area contributed by atoms with Gasteiger partial charge in [0.15, 0.2) is 0 Å². The molecule has 0 unspecified atom stereocenters. The van der Waals surface area contributed by atoms with Gasteiger partial charge in [0.2, 0.25) is 0 Å². The third kappa shape index (κ3) is 4.67. The Morgan fingerprint density at radius 1 is 1.17 bits per heavy atom. The van der Waals surface area contributed by atoms with Crippen LogP contribution >= 0.6 is 0 Å². The molecule has 0 radical (unpaired) electrons. The zero-order valence-corrected chi connectivity index (χ0v) is 13.0. The van der Waals surface area contributed by atoms with Crippen LogP contribution in [0.25, 0.3) is 6.08 Å². The molecule has 126 valence electrons. The van der Waals surface area contributed by atoms with E-state index in [1.165, 1.54) is 13.2 Å². The molecule has 0 spiro atoms. The van der Waals surface area contributed by atoms with Crippen molar-refractivity contribution < 1.29 is 28.7 Å². The minimum Gasteiger partial charge on any atom is -0.494 e. The number of methoxy groups -OCH3 is 1. The summed E-state index contributed by atoms with van der Waals surface area (Å²) in [5, 5.41) is 4.00. The maximum Gasteiger partial charge on any atom is 0.328 e. The van der Waals surface area contributed by atoms with Crippen LogP contribution in [0.5, 0.6) is 5.75 Å². The van der Waals surface area contributed by atoms with Gasteiger partial charge in [-0.2, -0.15) is 0 Å². The number of carbonyl (C=O) groups is 4. The number of carbonyl (C=O) groups excluding carboxylic acids is 4. The molecule has 0 aromatic heterocycles. The molecular weight excluding hydrogens is 316 g/mol. The van der Waals surface area contributed by atoms with Crippen molar-refractivity contribution in [2.45, 2.75) is 12.8 Å². The number of hydrogen-bond acceptors (Lipinski definition) is 6. The molecule has 1 aliphatic heterocycles. The minimum absolute atomic E-state index is 0.169. The van der Waals surface area contributed by atoms with Crippen molar-refractivity contribution in [2.24, 2.45) is 0 Å². The Hall–Kier alpha value is -3.16. The second kappa shape index (κ2) is 7.91. The van der Waals surface area contributed by atoms with Crippen molar-refractivity contribution in [3.63, 3.8) is 0 Å². The van der Waals surface area contributed by atoms with Crippen LogP contribution in [0.1, 0.15) is 18.4 Å². The first kappa shape index (κ1) is 17.2. The summed E-state index contributed by atoms with van der Waals surface area (Å²) in [6.45, 7) is 0.324. The van der Waals surface area contributed by atoms with Gasteiger partial charge in [-0.1, -0.05) is 12.1 Å². The normalized spacial score (nSPS) is 13.9. The van der Waals surface area contributed by atoms with Crippen LogP contribution in [0.15, 0.2) is 29.8 Å². The average molecular weight is 332 g/mol. The molecule has 1 aromatic carbocycles. The Labute approximate surface area is 137 Å². The highest BCUT2D eigenvalue weighted by atomic mass is 16.5. The van der Waals surface area contributed by atoms with Crippen molar-refractivity contribution in [2.75, 3.05) is 13.7 Å². The van der Waals surface area contributed by atoms with Crippen LogP contribution in [0.3, 0.4) is 0 Å². The summed E-state index contributed by atoms with van der Waals surface area (Å²) in [6.07, 6.45) is 2.12. The fourth-order valence-electron chi connectivity index (χ4n) is 1.98. The SMILES string of the molecule is COC(=O)CCCOc1cccc(C=C2C(=O)NC(=O)NC2=O)c1. The number of nitrogens with one attached hydrogen (secondary N) is 2. The van der Waals surface area contributed by atoms with Crippen molar-refractivity contribution in [3.8, 4) is 5.75 Å². The molecule has 4 amide bonds. The zero-order valence-electron chi connectivity index (χ0n) is 13.0. The summed E-state index contributed by atoms with van der Waals surface area (Å²) < 4.78 is 10.0. The highest BCUT2D eigenvalue weighted by Crippen LogP contribution is 2.17. The molecule has 1 aliphatic rings. The second-order valence-corrected chi connectivity index (χ2v) is 4.90. The van der Waals surface area contributed by atoms with E-state index in [9.17, 15) is 19.2 Å². The van der Waals surface area contributed by atoms with E-state index in [1.807, 2.05) is 10.6 Å². The van der Waals surface area contributed by atoms with E-state index in [4.69, 9.17) is 4.74 Å². The molecule has 8 nitrogen and oxygen atoms in total. The van der Waals surface area contributed by atoms with Gasteiger partial charge in [-0.05, 0) is 30.2 Å². The van der Waals surface area contributed by atoms with E-state index in [0.717, 1.165) is 0 Å². The summed E-state index contributed by atoms with van der Waals surface area (Å²) in [6, 6.07) is 5.90. The molecule has 8 heteroatoms. The number of hydrogen-bond donors (Lipinski definition) is 2. The Morgan fingerprint density at radius 2 is 1.88 bits per heavy atom. The van der Waals surface area contributed by atoms with E-state index in [2.05, 4.69) is 4.74 Å². The summed E-state index contributed by atoms with van der Waals surface area (Å²) >= 11 is 0. The lowest BCUT2D eigenvalue weighted by Gasteiger charge is -2.14. The Balaban J connectivity index is 2.01. The number of esters is 1. The van der Waals surface area contributed by atoms with Crippen molar-refractivity contribution in [1.82, 2.24) is 10.6 Å². The summed E-state index contributed by atoms with van der Waals surface area (Å²) in [5.41, 5.74) is 0.396. The molecule has 24 heavy (non-hydrogen) atoms. The number of ether oxygens (including phenoxy) is 2. The predicted octanol–water partition coefficient (Wildman–Crippen LogP) is 0.768. The lowest BCUT2D eigenvalue weighted by Crippen LogP contribution is -2.51. The summed E-state index contributed by atoms with van der Waals surface area (Å²) in [4.78, 5) is 45.3. The molecule has 1 heterocycles. The topological polar surface area (TPSA) is 111 Å². The molecule has 0 aliphatic carbocycles. The summed E-state index contributed by atoms with van der Waals surface area (Å²) in [7, 11) is 1.32. The highest BCUT2D eigenvalue weighted by Gasteiger charge is 2.27.